The fourth-order valence-corrected chi connectivity index (χ4v) is 1.73. The van der Waals surface area contributed by atoms with Crippen molar-refractivity contribution < 1.29 is 14.4 Å². The number of rotatable bonds is 1. The molecule has 3 N–H and O–H groups in total. The molecule has 1 saturated heterocycles. The molecule has 2 rings (SSSR count). The first-order chi connectivity index (χ1) is 7.73. The molecule has 4 nitrogen and oxygen atoms in total. The van der Waals surface area contributed by atoms with E-state index in [1.54, 1.807) is 12.1 Å². The number of nitrogen functional groups attached to an aromatic ring is 1. The van der Waals surface area contributed by atoms with Gasteiger partial charge in [-0.2, -0.15) is 0 Å². The van der Waals surface area contributed by atoms with Crippen molar-refractivity contribution in [2.24, 2.45) is 0 Å². The molecule has 0 bridgehead atoms. The van der Waals surface area contributed by atoms with Crippen LogP contribution >= 0.6 is 0 Å². The summed E-state index contributed by atoms with van der Waals surface area (Å²) in [7, 11) is -0.555. The summed E-state index contributed by atoms with van der Waals surface area (Å²) in [5.74, 6) is 0.100. The molecule has 1 aromatic rings. The van der Waals surface area contributed by atoms with Gasteiger partial charge in [0.15, 0.2) is 0 Å². The number of hydrogen-bond acceptors (Lipinski definition) is 4. The highest BCUT2D eigenvalue weighted by Crippen LogP contribution is 2.37. The molecule has 1 aliphatic heterocycles. The molecular weight excluding hydrogens is 217 g/mol. The Hall–Kier alpha value is -1.20. The number of nitrogens with two attached hydrogens (primary N) is 1. The van der Waals surface area contributed by atoms with Gasteiger partial charge in [-0.25, -0.2) is 0 Å². The Morgan fingerprint density at radius 2 is 1.65 bits per heavy atom. The predicted molar refractivity (Wildman–Crippen MR) is 68.2 cm³/mol. The van der Waals surface area contributed by atoms with Crippen LogP contribution < -0.4 is 11.2 Å². The van der Waals surface area contributed by atoms with Crippen molar-refractivity contribution in [3.63, 3.8) is 0 Å². The maximum Gasteiger partial charge on any atom is 0.498 e. The van der Waals surface area contributed by atoms with Crippen LogP contribution in [0.25, 0.3) is 0 Å². The summed E-state index contributed by atoms with van der Waals surface area (Å²) in [5, 5.41) is 9.85. The van der Waals surface area contributed by atoms with Gasteiger partial charge in [-0.15, -0.1) is 0 Å². The highest BCUT2D eigenvalue weighted by molar-refractivity contribution is 6.63. The molecule has 0 radical (unpaired) electrons. The second-order valence-electron chi connectivity index (χ2n) is 5.41. The Balaban J connectivity index is 2.32. The molecule has 1 aromatic carbocycles. The van der Waals surface area contributed by atoms with E-state index in [1.807, 2.05) is 27.7 Å². The average molecular weight is 235 g/mol. The van der Waals surface area contributed by atoms with Crippen LogP contribution in [0.3, 0.4) is 0 Å². The smallest absolute Gasteiger partial charge is 0.498 e. The molecule has 0 spiro atoms. The van der Waals surface area contributed by atoms with Crippen LogP contribution in [0.4, 0.5) is 5.69 Å². The monoisotopic (exact) mass is 235 g/mol. The van der Waals surface area contributed by atoms with E-state index in [2.05, 4.69) is 0 Å². The summed E-state index contributed by atoms with van der Waals surface area (Å²) < 4.78 is 11.7. The van der Waals surface area contributed by atoms with Gasteiger partial charge in [0.2, 0.25) is 0 Å². The topological polar surface area (TPSA) is 64.7 Å². The number of anilines is 1. The van der Waals surface area contributed by atoms with Crippen molar-refractivity contribution in [1.82, 2.24) is 0 Å². The molecule has 0 atom stereocenters. The standard InChI is InChI=1S/C12H18BNO3/c1-11(2)12(3,4)17-13(16-11)9-6-5-8(14)7-10(9)15/h5-7,15H,14H2,1-4H3. The molecule has 1 heterocycles. The molecule has 5 heteroatoms. The van der Waals surface area contributed by atoms with Gasteiger partial charge in [0.05, 0.1) is 11.2 Å². The Morgan fingerprint density at radius 1 is 1.12 bits per heavy atom. The molecule has 1 aliphatic rings. The first-order valence-corrected chi connectivity index (χ1v) is 5.67. The summed E-state index contributed by atoms with van der Waals surface area (Å²) in [6.45, 7) is 7.89. The molecule has 0 unspecified atom stereocenters. The zero-order valence-electron chi connectivity index (χ0n) is 10.7. The third kappa shape index (κ3) is 2.00. The molecule has 0 saturated carbocycles. The van der Waals surface area contributed by atoms with Gasteiger partial charge in [-0.1, -0.05) is 6.07 Å². The summed E-state index contributed by atoms with van der Waals surface area (Å²) in [4.78, 5) is 0. The van der Waals surface area contributed by atoms with E-state index < -0.39 is 18.3 Å². The Bertz CT molecular complexity index is 429. The zero-order valence-corrected chi connectivity index (χ0v) is 10.7. The third-order valence-corrected chi connectivity index (χ3v) is 3.56. The number of benzene rings is 1. The Morgan fingerprint density at radius 3 is 2.12 bits per heavy atom. The Labute approximate surface area is 102 Å². The zero-order chi connectivity index (χ0) is 12.8. The van der Waals surface area contributed by atoms with Gasteiger partial charge in [0.25, 0.3) is 0 Å². The molecule has 92 valence electrons. The van der Waals surface area contributed by atoms with Crippen molar-refractivity contribution >= 4 is 18.3 Å². The fraction of sp³-hybridized carbons (Fsp3) is 0.500. The van der Waals surface area contributed by atoms with E-state index in [0.717, 1.165) is 0 Å². The molecule has 0 aliphatic carbocycles. The first kappa shape index (κ1) is 12.3. The summed E-state index contributed by atoms with van der Waals surface area (Å²) >= 11 is 0. The minimum Gasteiger partial charge on any atom is -0.508 e. The SMILES string of the molecule is CC1(C)OB(c2ccc(N)cc2O)OC1(C)C. The Kier molecular flexibility index (Phi) is 2.63. The lowest BCUT2D eigenvalue weighted by atomic mass is 9.78. The number of aromatic hydroxyl groups is 1. The van der Waals surface area contributed by atoms with Gasteiger partial charge in [-0.3, -0.25) is 0 Å². The van der Waals surface area contributed by atoms with Crippen LogP contribution in [0.15, 0.2) is 18.2 Å². The lowest BCUT2D eigenvalue weighted by Crippen LogP contribution is -2.41. The van der Waals surface area contributed by atoms with Crippen molar-refractivity contribution in [3.8, 4) is 5.75 Å². The van der Waals surface area contributed by atoms with Gasteiger partial charge in [-0.05, 0) is 33.8 Å². The van der Waals surface area contributed by atoms with Gasteiger partial charge in [0.1, 0.15) is 5.75 Å². The van der Waals surface area contributed by atoms with Crippen molar-refractivity contribution in [3.05, 3.63) is 18.2 Å². The second-order valence-corrected chi connectivity index (χ2v) is 5.41. The molecule has 0 amide bonds. The molecule has 0 aromatic heterocycles. The lowest BCUT2D eigenvalue weighted by molar-refractivity contribution is 0.00578. The highest BCUT2D eigenvalue weighted by atomic mass is 16.7. The van der Waals surface area contributed by atoms with Crippen molar-refractivity contribution in [1.29, 1.82) is 0 Å². The lowest BCUT2D eigenvalue weighted by Gasteiger charge is -2.32. The van der Waals surface area contributed by atoms with Gasteiger partial charge in [0, 0.05) is 17.2 Å². The number of hydrogen-bond donors (Lipinski definition) is 2. The van der Waals surface area contributed by atoms with Crippen LogP contribution in [0.5, 0.6) is 5.75 Å². The van der Waals surface area contributed by atoms with Crippen LogP contribution in [0, 0.1) is 0 Å². The quantitative estimate of drug-likeness (QED) is 0.568. The minimum absolute atomic E-state index is 0.100. The largest absolute Gasteiger partial charge is 0.508 e. The molecule has 1 fully saturated rings. The second kappa shape index (κ2) is 3.65. The number of phenolic OH excluding ortho intramolecular Hbond substituents is 1. The first-order valence-electron chi connectivity index (χ1n) is 5.67. The van der Waals surface area contributed by atoms with E-state index in [-0.39, 0.29) is 5.75 Å². The van der Waals surface area contributed by atoms with Crippen molar-refractivity contribution in [2.75, 3.05) is 5.73 Å². The van der Waals surface area contributed by atoms with Crippen LogP contribution in [0.1, 0.15) is 27.7 Å². The maximum atomic E-state index is 9.85. The van der Waals surface area contributed by atoms with Crippen molar-refractivity contribution in [2.45, 2.75) is 38.9 Å². The van der Waals surface area contributed by atoms with Crippen LogP contribution in [-0.2, 0) is 9.31 Å². The third-order valence-electron chi connectivity index (χ3n) is 3.56. The van der Waals surface area contributed by atoms with E-state index in [4.69, 9.17) is 15.0 Å². The van der Waals surface area contributed by atoms with Gasteiger partial charge >= 0.3 is 7.12 Å². The van der Waals surface area contributed by atoms with Crippen LogP contribution in [-0.4, -0.2) is 23.4 Å². The average Bonchev–Trinajstić information content (AvgIpc) is 2.35. The normalized spacial score (nSPS) is 21.8. The van der Waals surface area contributed by atoms with E-state index >= 15 is 0 Å². The van der Waals surface area contributed by atoms with Crippen LogP contribution in [0.2, 0.25) is 0 Å². The van der Waals surface area contributed by atoms with E-state index in [9.17, 15) is 5.11 Å². The van der Waals surface area contributed by atoms with Gasteiger partial charge < -0.3 is 20.1 Å². The van der Waals surface area contributed by atoms with E-state index in [1.165, 1.54) is 6.07 Å². The fourth-order valence-electron chi connectivity index (χ4n) is 1.73. The summed E-state index contributed by atoms with van der Waals surface area (Å²) in [6.07, 6.45) is 0. The summed E-state index contributed by atoms with van der Waals surface area (Å²) in [6, 6.07) is 4.95. The highest BCUT2D eigenvalue weighted by Gasteiger charge is 2.52. The molecule has 17 heavy (non-hydrogen) atoms. The van der Waals surface area contributed by atoms with E-state index in [0.29, 0.717) is 11.2 Å². The predicted octanol–water partition coefficient (Wildman–Crippen LogP) is 1.27. The number of phenols is 1. The minimum atomic E-state index is -0.555. The molecular formula is C12H18BNO3. The summed E-state index contributed by atoms with van der Waals surface area (Å²) in [5.41, 5.74) is 5.89. The maximum absolute atomic E-state index is 9.85.